The number of nitrogens with one attached hydrogen (secondary N) is 2. The van der Waals surface area contributed by atoms with Crippen LogP contribution in [0.3, 0.4) is 0 Å². The molecule has 0 saturated carbocycles. The smallest absolute Gasteiger partial charge is 0.324 e. The number of sulfonamides is 1. The Hall–Kier alpha value is -1.64. The topological polar surface area (TPSA) is 102 Å². The molecule has 0 aliphatic heterocycles. The quantitative estimate of drug-likeness (QED) is 0.641. The Morgan fingerprint density at radius 3 is 2.58 bits per heavy atom. The molecule has 24 heavy (non-hydrogen) atoms. The second-order valence-electron chi connectivity index (χ2n) is 5.15. The van der Waals surface area contributed by atoms with E-state index in [0.717, 1.165) is 6.42 Å². The molecule has 0 fully saturated rings. The number of carbonyl (C=O) groups is 2. The average Bonchev–Trinajstić information content (AvgIpc) is 2.52. The predicted octanol–water partition coefficient (Wildman–Crippen LogP) is 1.93. The lowest BCUT2D eigenvalue weighted by Crippen LogP contribution is -2.41. The minimum absolute atomic E-state index is 0.0614. The van der Waals surface area contributed by atoms with Crippen LogP contribution in [-0.2, 0) is 24.3 Å². The van der Waals surface area contributed by atoms with Crippen LogP contribution in [0.2, 0.25) is 5.02 Å². The minimum Gasteiger partial charge on any atom is -0.454 e. The molecule has 0 spiro atoms. The molecule has 134 valence electrons. The summed E-state index contributed by atoms with van der Waals surface area (Å²) in [6.07, 6.45) is 1.22. The van der Waals surface area contributed by atoms with Crippen LogP contribution in [0.4, 0.5) is 5.69 Å². The zero-order chi connectivity index (χ0) is 18.2. The van der Waals surface area contributed by atoms with Crippen LogP contribution in [0, 0.1) is 0 Å². The van der Waals surface area contributed by atoms with E-state index >= 15 is 0 Å². The summed E-state index contributed by atoms with van der Waals surface area (Å²) in [5, 5.41) is 2.85. The Labute approximate surface area is 146 Å². The first-order valence-corrected chi connectivity index (χ1v) is 9.49. The molecule has 2 N–H and O–H groups in total. The van der Waals surface area contributed by atoms with Crippen LogP contribution in [0.25, 0.3) is 0 Å². The number of hydrogen-bond acceptors (Lipinski definition) is 5. The van der Waals surface area contributed by atoms with Gasteiger partial charge in [-0.25, -0.2) is 13.1 Å². The van der Waals surface area contributed by atoms with Gasteiger partial charge >= 0.3 is 5.97 Å². The van der Waals surface area contributed by atoms with E-state index in [2.05, 4.69) is 10.0 Å². The molecule has 7 nitrogen and oxygen atoms in total. The number of unbranched alkanes of at least 4 members (excludes halogenated alkanes) is 1. The van der Waals surface area contributed by atoms with E-state index in [9.17, 15) is 18.0 Å². The number of benzene rings is 1. The van der Waals surface area contributed by atoms with Gasteiger partial charge in [-0.15, -0.1) is 0 Å². The maximum atomic E-state index is 11.8. The lowest BCUT2D eigenvalue weighted by atomic mass is 10.3. The number of anilines is 1. The van der Waals surface area contributed by atoms with E-state index in [-0.39, 0.29) is 5.75 Å². The van der Waals surface area contributed by atoms with Crippen molar-refractivity contribution in [3.63, 3.8) is 0 Å². The van der Waals surface area contributed by atoms with Crippen LogP contribution in [0.5, 0.6) is 0 Å². The van der Waals surface area contributed by atoms with Crippen LogP contribution in [0.15, 0.2) is 24.3 Å². The molecule has 1 rings (SSSR count). The van der Waals surface area contributed by atoms with Crippen LogP contribution in [-0.4, -0.2) is 38.7 Å². The molecule has 9 heteroatoms. The monoisotopic (exact) mass is 376 g/mol. The van der Waals surface area contributed by atoms with Crippen molar-refractivity contribution in [2.24, 2.45) is 0 Å². The zero-order valence-corrected chi connectivity index (χ0v) is 15.1. The van der Waals surface area contributed by atoms with Crippen LogP contribution >= 0.6 is 11.6 Å². The van der Waals surface area contributed by atoms with Crippen molar-refractivity contribution >= 4 is 39.2 Å². The van der Waals surface area contributed by atoms with E-state index in [4.69, 9.17) is 16.3 Å². The maximum Gasteiger partial charge on any atom is 0.324 e. The number of carbonyl (C=O) groups excluding carboxylic acids is 2. The average molecular weight is 377 g/mol. The lowest BCUT2D eigenvalue weighted by molar-refractivity contribution is -0.148. The first-order chi connectivity index (χ1) is 11.2. The molecule has 0 aliphatic carbocycles. The molecule has 0 aliphatic rings. The van der Waals surface area contributed by atoms with Crippen molar-refractivity contribution in [2.75, 3.05) is 17.7 Å². The lowest BCUT2D eigenvalue weighted by Gasteiger charge is -2.13. The Kier molecular flexibility index (Phi) is 8.17. The Morgan fingerprint density at radius 2 is 1.96 bits per heavy atom. The Balaban J connectivity index is 2.44. The molecule has 0 heterocycles. The van der Waals surface area contributed by atoms with Crippen molar-refractivity contribution in [2.45, 2.75) is 32.7 Å². The highest BCUT2D eigenvalue weighted by Gasteiger charge is 2.21. The molecule has 1 atom stereocenters. The number of ether oxygens (including phenoxy) is 1. The first kappa shape index (κ1) is 20.4. The van der Waals surface area contributed by atoms with Crippen molar-refractivity contribution in [1.82, 2.24) is 4.72 Å². The van der Waals surface area contributed by atoms with Gasteiger partial charge in [-0.05, 0) is 25.5 Å². The second-order valence-corrected chi connectivity index (χ2v) is 7.43. The minimum atomic E-state index is -3.55. The second kappa shape index (κ2) is 9.61. The van der Waals surface area contributed by atoms with Crippen LogP contribution < -0.4 is 10.0 Å². The normalized spacial score (nSPS) is 12.5. The van der Waals surface area contributed by atoms with Gasteiger partial charge in [0.25, 0.3) is 5.91 Å². The van der Waals surface area contributed by atoms with Gasteiger partial charge in [0.15, 0.2) is 6.61 Å². The summed E-state index contributed by atoms with van der Waals surface area (Å²) in [5.74, 6) is -1.46. The summed E-state index contributed by atoms with van der Waals surface area (Å²) in [4.78, 5) is 23.5. The van der Waals surface area contributed by atoms with Crippen LogP contribution in [0.1, 0.15) is 26.7 Å². The van der Waals surface area contributed by atoms with E-state index in [1.54, 1.807) is 24.3 Å². The Bertz CT molecular complexity index is 678. The van der Waals surface area contributed by atoms with Gasteiger partial charge in [-0.3, -0.25) is 9.59 Å². The van der Waals surface area contributed by atoms with Crippen molar-refractivity contribution in [3.05, 3.63) is 29.3 Å². The molecular weight excluding hydrogens is 356 g/mol. The first-order valence-electron chi connectivity index (χ1n) is 7.46. The van der Waals surface area contributed by atoms with Gasteiger partial charge < -0.3 is 10.1 Å². The van der Waals surface area contributed by atoms with Gasteiger partial charge in [0.05, 0.1) is 16.5 Å². The largest absolute Gasteiger partial charge is 0.454 e. The summed E-state index contributed by atoms with van der Waals surface area (Å²) in [6.45, 7) is 2.69. The van der Waals surface area contributed by atoms with Gasteiger partial charge in [-0.2, -0.15) is 0 Å². The summed E-state index contributed by atoms with van der Waals surface area (Å²) < 4.78 is 30.4. The molecule has 1 aromatic rings. The maximum absolute atomic E-state index is 11.8. The van der Waals surface area contributed by atoms with E-state index in [0.29, 0.717) is 17.1 Å². The summed E-state index contributed by atoms with van der Waals surface area (Å²) in [7, 11) is -3.55. The fraction of sp³-hybridized carbons (Fsp3) is 0.467. The highest BCUT2D eigenvalue weighted by atomic mass is 35.5. The van der Waals surface area contributed by atoms with Gasteiger partial charge in [0, 0.05) is 0 Å². The highest BCUT2D eigenvalue weighted by molar-refractivity contribution is 7.89. The number of amides is 1. The van der Waals surface area contributed by atoms with Gasteiger partial charge in [0.2, 0.25) is 10.0 Å². The molecule has 1 amide bonds. The number of rotatable bonds is 9. The third kappa shape index (κ3) is 7.29. The fourth-order valence-electron chi connectivity index (χ4n) is 1.72. The van der Waals surface area contributed by atoms with Gasteiger partial charge in [0.1, 0.15) is 6.04 Å². The third-order valence-electron chi connectivity index (χ3n) is 2.97. The van der Waals surface area contributed by atoms with Crippen molar-refractivity contribution in [1.29, 1.82) is 0 Å². The number of hydrogen-bond donors (Lipinski definition) is 2. The molecule has 0 aromatic heterocycles. The SMILES string of the molecule is CCCCS(=O)(=O)N[C@@H](C)C(=O)OCC(=O)Nc1ccccc1Cl. The van der Waals surface area contributed by atoms with E-state index in [1.165, 1.54) is 6.92 Å². The molecule has 0 saturated heterocycles. The fourth-order valence-corrected chi connectivity index (χ4v) is 3.33. The zero-order valence-electron chi connectivity index (χ0n) is 13.5. The highest BCUT2D eigenvalue weighted by Crippen LogP contribution is 2.20. The molecule has 0 unspecified atom stereocenters. The van der Waals surface area contributed by atoms with Gasteiger partial charge in [-0.1, -0.05) is 37.1 Å². The number of halogens is 1. The predicted molar refractivity (Wildman–Crippen MR) is 92.3 cm³/mol. The number of esters is 1. The number of para-hydroxylation sites is 1. The molecule has 0 radical (unpaired) electrons. The third-order valence-corrected chi connectivity index (χ3v) is 4.84. The molecular formula is C15H21ClN2O5S. The Morgan fingerprint density at radius 1 is 1.29 bits per heavy atom. The van der Waals surface area contributed by atoms with E-state index < -0.39 is 34.5 Å². The standard InChI is InChI=1S/C15H21ClN2O5S/c1-3-4-9-24(21,22)18-11(2)15(20)23-10-14(19)17-13-8-6-5-7-12(13)16/h5-8,11,18H,3-4,9-10H2,1-2H3,(H,17,19)/t11-/m0/s1. The summed E-state index contributed by atoms with van der Waals surface area (Å²) >= 11 is 5.90. The van der Waals surface area contributed by atoms with Crippen molar-refractivity contribution in [3.8, 4) is 0 Å². The van der Waals surface area contributed by atoms with E-state index in [1.807, 2.05) is 6.92 Å². The molecule has 1 aromatic carbocycles. The van der Waals surface area contributed by atoms with Crippen molar-refractivity contribution < 1.29 is 22.7 Å². The summed E-state index contributed by atoms with van der Waals surface area (Å²) in [6, 6.07) is 5.55. The summed E-state index contributed by atoms with van der Waals surface area (Å²) in [5.41, 5.74) is 0.397. The molecule has 0 bridgehead atoms.